The Morgan fingerprint density at radius 2 is 1.47 bits per heavy atom. The van der Waals surface area contributed by atoms with Crippen LogP contribution in [0.25, 0.3) is 11.6 Å². The van der Waals surface area contributed by atoms with Crippen LogP contribution in [0.5, 0.6) is 0 Å². The van der Waals surface area contributed by atoms with Crippen LogP contribution in [-0.4, -0.2) is 209 Å². The molecule has 42 heteroatoms. The highest BCUT2D eigenvalue weighted by Gasteiger charge is 2.88. The van der Waals surface area contributed by atoms with Crippen LogP contribution < -0.4 is 64.6 Å². The number of allylic oxidation sites excluding steroid dienone is 1. The fourth-order valence-electron chi connectivity index (χ4n) is 15.0. The molecular formula is C74H86N19O18S5+. The molecule has 2 fully saturated rings. The summed E-state index contributed by atoms with van der Waals surface area (Å²) in [6.45, 7) is 25.0. The predicted molar refractivity (Wildman–Crippen MR) is 423 cm³/mol. The second-order valence-electron chi connectivity index (χ2n) is 29.6. The Labute approximate surface area is 682 Å². The van der Waals surface area contributed by atoms with Crippen LogP contribution in [0, 0.1) is 5.92 Å². The number of thioether (sulfide) groups is 1. The van der Waals surface area contributed by atoms with Crippen molar-refractivity contribution < 1.29 is 92.3 Å². The van der Waals surface area contributed by atoms with E-state index in [1.54, 1.807) is 32.2 Å². The number of aliphatic hydroxyl groups is 5. The lowest BCUT2D eigenvalue weighted by molar-refractivity contribution is -1.08. The second-order valence-corrected chi connectivity index (χ2v) is 34.1. The first-order chi connectivity index (χ1) is 54.6. The van der Waals surface area contributed by atoms with Crippen molar-refractivity contribution in [2.45, 2.75) is 190 Å². The number of carbonyl (C=O) groups excluding carboxylic acids is 12. The summed E-state index contributed by atoms with van der Waals surface area (Å²) in [4.78, 5) is 200. The first-order valence-corrected chi connectivity index (χ1v) is 41.1. The van der Waals surface area contributed by atoms with Crippen LogP contribution in [0.3, 0.4) is 0 Å². The maximum Gasteiger partial charge on any atom is 0.357 e. The Balaban J connectivity index is 1.04. The Bertz CT molecular complexity index is 5130. The molecular weight excluding hydrogens is 1600 g/mol. The van der Waals surface area contributed by atoms with Crippen LogP contribution in [0.1, 0.15) is 197 Å². The number of nitrogens with one attached hydrogen (secondary N) is 10. The largest absolute Gasteiger partial charge is 0.455 e. The number of primary amides is 1. The summed E-state index contributed by atoms with van der Waals surface area (Å²) in [5.41, 5.74) is 6.80. The van der Waals surface area contributed by atoms with Crippen molar-refractivity contribution in [2.75, 3.05) is 5.75 Å². The van der Waals surface area contributed by atoms with Gasteiger partial charge >= 0.3 is 5.97 Å². The third-order valence-corrected chi connectivity index (χ3v) is 26.4. The zero-order valence-electron chi connectivity index (χ0n) is 64.0. The quantitative estimate of drug-likeness (QED) is 0.0480. The van der Waals surface area contributed by atoms with E-state index in [1.165, 1.54) is 82.8 Å². The molecule has 11 heterocycles. The summed E-state index contributed by atoms with van der Waals surface area (Å²) in [7, 11) is 0. The van der Waals surface area contributed by atoms with Crippen molar-refractivity contribution in [3.05, 3.63) is 153 Å². The van der Waals surface area contributed by atoms with Crippen molar-refractivity contribution in [3.63, 3.8) is 0 Å². The number of ether oxygens (including phenoxy) is 1. The van der Waals surface area contributed by atoms with E-state index in [1.807, 2.05) is 0 Å². The second kappa shape index (κ2) is 33.0. The maximum absolute atomic E-state index is 16.2. The highest BCUT2D eigenvalue weighted by atomic mass is 32.2. The van der Waals surface area contributed by atoms with E-state index in [9.17, 15) is 68.7 Å². The number of thiazole rings is 4. The van der Waals surface area contributed by atoms with Crippen molar-refractivity contribution in [1.82, 2.24) is 78.1 Å². The molecule has 2 spiro atoms. The number of amides is 10. The highest BCUT2D eigenvalue weighted by molar-refractivity contribution is 8.14. The smallest absolute Gasteiger partial charge is 0.357 e. The summed E-state index contributed by atoms with van der Waals surface area (Å²) in [5, 5.41) is 90.0. The van der Waals surface area contributed by atoms with E-state index in [0.717, 1.165) is 57.1 Å². The van der Waals surface area contributed by atoms with Gasteiger partial charge in [0.15, 0.2) is 16.2 Å². The minimum atomic E-state index is -2.19. The number of hydrogen-bond donors (Lipinski definition) is 17. The Hall–Kier alpha value is -10.3. The van der Waals surface area contributed by atoms with Gasteiger partial charge in [0.05, 0.1) is 83.5 Å². The molecule has 2 saturated heterocycles. The molecule has 1 aliphatic carbocycles. The van der Waals surface area contributed by atoms with Gasteiger partial charge in [-0.15, -0.1) is 57.1 Å². The molecule has 6 aliphatic heterocycles. The number of nitrogens with zero attached hydrogens (tertiary/aromatic N) is 7. The van der Waals surface area contributed by atoms with E-state index < -0.39 is 212 Å². The lowest BCUT2D eigenvalue weighted by atomic mass is 9.53. The third kappa shape index (κ3) is 15.5. The molecule has 10 amide bonds. The summed E-state index contributed by atoms with van der Waals surface area (Å²) < 4.78 is 5.88. The van der Waals surface area contributed by atoms with Crippen molar-refractivity contribution in [1.29, 1.82) is 0 Å². The lowest BCUT2D eigenvalue weighted by Crippen LogP contribution is -2.93. The third-order valence-electron chi connectivity index (χ3n) is 21.6. The number of fused-ring (bicyclic) bond motifs is 7. The number of hydrogen-bond acceptors (Lipinski definition) is 31. The van der Waals surface area contributed by atoms with Crippen LogP contribution >= 0.6 is 57.1 Å². The summed E-state index contributed by atoms with van der Waals surface area (Å²) in [6, 6.07) is -12.7. The SMILES string of the molecule is C=C(NC(=O)C(=C)NC(=O)c1csc(C2=C3C(=O)C(C)NC(=O)C(=C)NC(=O)C(C)NC(=O)C(C(C)C)NC4C=Cc5c(C(C)O)cc(nc5C4O)C(=O)OC(C)C4NC(=O)c5csc(n5)C(C(C)(O)C(C)O)NC(=O)C5CSC(=N5)C(=CC)NC(=O)C(C(C)O)NC(=O)c5csc(n5)C5(CC6CC2[N+]365)C(N)c2csc4n2)n1)C(N)=O. The molecule has 7 aliphatic rings. The van der Waals surface area contributed by atoms with Crippen LogP contribution in [0.4, 0.5) is 0 Å². The molecule has 0 saturated carbocycles. The molecule has 37 nitrogen and oxygen atoms in total. The molecule has 614 valence electrons. The molecule has 19 atom stereocenters. The molecule has 5 aromatic heterocycles. The fourth-order valence-corrected chi connectivity index (χ4v) is 20.0. The number of quaternary nitrogens is 1. The average Bonchev–Trinajstić information content (AvgIpc) is 0.801. The monoisotopic (exact) mass is 1690 g/mol. The van der Waals surface area contributed by atoms with E-state index >= 15 is 14.4 Å². The number of nitrogens with two attached hydrogens (primary N) is 2. The van der Waals surface area contributed by atoms with Gasteiger partial charge in [0.1, 0.15) is 115 Å². The van der Waals surface area contributed by atoms with Crippen LogP contribution in [-0.2, 0) is 48.6 Å². The molecule has 5 aromatic rings. The zero-order chi connectivity index (χ0) is 84.5. The number of pyridine rings is 1. The molecule has 19 unspecified atom stereocenters. The minimum absolute atomic E-state index is 0.00151. The first kappa shape index (κ1) is 85.0. The number of carbonyl (C=O) groups is 12. The van der Waals surface area contributed by atoms with E-state index in [-0.39, 0.29) is 93.8 Å². The standard InChI is InChI=1S/C74H85N19O18S5/c1-14-38-67-86-44(21-112-67)64(106)92-56(73(13,110)34(12)96)70-88-43(23-115-70)62(104)91-50-33(11)111-71(109)40-18-37(31(9)94)36-15-16-39(54(98)51(36)83-40)82-48(25(2)3)65(107)81-30(8)60(102)79-28(6)58(100)77-26(4)53(97)52-47(68-87-42(22-113-68)61(103)80-29(7)59(101)78-27(5)57(76)99)46-17-35-19-74(93(35,46)52,55(75)41-20-114-69(50)85-41)72-89-45(24-116-72)63(105)90-49(32(10)95)66(108)84-38/h14-16,18,20,22-26,30-35,39,44,46,48-50,54-56,82,94-96,98,110H,5-7,17,19,21,75H2,1-4,8-13H3,(H10-,76,77,78,79,80,81,84,90,91,92,99,100,101,102,103,104,105,106,107,108)/p+1. The number of Topliss-reactive ketones (excluding diaryl/α,β-unsaturated/α-hetero) is 1. The zero-order valence-corrected chi connectivity index (χ0v) is 68.1. The van der Waals surface area contributed by atoms with Gasteiger partial charge in [0.2, 0.25) is 29.4 Å². The Kier molecular flexibility index (Phi) is 24.2. The number of cyclic esters (lactones) is 1. The minimum Gasteiger partial charge on any atom is -0.455 e. The molecule has 13 bridgehead atoms. The number of aromatic nitrogens is 5. The topological polar surface area (TPSA) is 564 Å². The highest BCUT2D eigenvalue weighted by Crippen LogP contribution is 2.76. The van der Waals surface area contributed by atoms with Crippen molar-refractivity contribution in [3.8, 4) is 0 Å². The maximum atomic E-state index is 16.2. The fraction of sp³-hybridized carbons (Fsp3) is 0.432. The van der Waals surface area contributed by atoms with Crippen molar-refractivity contribution >= 4 is 145 Å². The summed E-state index contributed by atoms with van der Waals surface area (Å²) in [5.74, 6) is -11.9. The molecule has 12 rings (SSSR count). The summed E-state index contributed by atoms with van der Waals surface area (Å²) in [6.07, 6.45) is -2.64. The predicted octanol–water partition coefficient (Wildman–Crippen LogP) is 0.299. The van der Waals surface area contributed by atoms with Crippen LogP contribution in [0.15, 0.2) is 93.0 Å². The van der Waals surface area contributed by atoms with Gasteiger partial charge in [-0.25, -0.2) is 29.7 Å². The van der Waals surface area contributed by atoms with E-state index in [2.05, 4.69) is 92.8 Å². The van der Waals surface area contributed by atoms with Gasteiger partial charge in [-0.1, -0.05) is 51.8 Å². The molecule has 116 heavy (non-hydrogen) atoms. The Morgan fingerprint density at radius 1 is 0.776 bits per heavy atom. The van der Waals surface area contributed by atoms with Gasteiger partial charge in [0, 0.05) is 32.8 Å². The first-order valence-electron chi connectivity index (χ1n) is 36.6. The van der Waals surface area contributed by atoms with Crippen LogP contribution in [0.2, 0.25) is 0 Å². The lowest BCUT2D eigenvalue weighted by Gasteiger charge is -2.79. The Morgan fingerprint density at radius 3 is 2.13 bits per heavy atom. The van der Waals surface area contributed by atoms with Gasteiger partial charge in [-0.3, -0.25) is 67.5 Å². The number of rotatable bonds is 11. The summed E-state index contributed by atoms with van der Waals surface area (Å²) >= 11 is 4.65. The number of ketones is 1. The average molecular weight is 1690 g/mol. The normalized spacial score (nSPS) is 29.6. The van der Waals surface area contributed by atoms with Crippen molar-refractivity contribution in [2.24, 2.45) is 22.4 Å². The number of piperidine rings is 1. The van der Waals surface area contributed by atoms with Gasteiger partial charge in [-0.2, -0.15) is 0 Å². The number of aliphatic hydroxyl groups excluding tert-OH is 4. The number of aliphatic imine (C=N–C) groups is 1. The van der Waals surface area contributed by atoms with Gasteiger partial charge < -0.3 is 89.6 Å². The molecule has 0 radical (unpaired) electrons. The van der Waals surface area contributed by atoms with E-state index in [4.69, 9.17) is 26.2 Å². The molecule has 0 aromatic carbocycles. The molecule has 19 N–H and O–H groups in total. The van der Waals surface area contributed by atoms with Gasteiger partial charge in [-0.05, 0) is 72.9 Å². The van der Waals surface area contributed by atoms with Gasteiger partial charge in [0.25, 0.3) is 35.4 Å². The van der Waals surface area contributed by atoms with E-state index in [0.29, 0.717) is 6.42 Å². The number of esters is 1.